The molecule has 1 aromatic carbocycles. The molecule has 1 atom stereocenters. The molecular weight excluding hydrogens is 357 g/mol. The molecule has 0 amide bonds. The molecule has 0 saturated heterocycles. The Morgan fingerprint density at radius 3 is 2.86 bits per heavy atom. The van der Waals surface area contributed by atoms with Crippen molar-refractivity contribution in [2.24, 2.45) is 0 Å². The van der Waals surface area contributed by atoms with Gasteiger partial charge in [-0.15, -0.1) is 16.4 Å². The van der Waals surface area contributed by atoms with Gasteiger partial charge in [-0.05, 0) is 63.6 Å². The second-order valence-corrected chi connectivity index (χ2v) is 6.92. The zero-order valence-corrected chi connectivity index (χ0v) is 13.4. The molecule has 21 heavy (non-hydrogen) atoms. The second-order valence-electron chi connectivity index (χ2n) is 4.43. The average Bonchev–Trinajstić information content (AvgIpc) is 3.12. The van der Waals surface area contributed by atoms with Crippen LogP contribution in [0.15, 0.2) is 40.4 Å². The van der Waals surface area contributed by atoms with Gasteiger partial charge >= 0.3 is 0 Å². The van der Waals surface area contributed by atoms with Crippen LogP contribution < -0.4 is 5.32 Å². The lowest BCUT2D eigenvalue weighted by molar-refractivity contribution is 0.626. The Bertz CT molecular complexity index is 743. The Balaban J connectivity index is 1.86. The van der Waals surface area contributed by atoms with E-state index in [2.05, 4.69) is 36.8 Å². The number of tetrazole rings is 1. The average molecular weight is 368 g/mol. The van der Waals surface area contributed by atoms with Gasteiger partial charge in [-0.1, -0.05) is 0 Å². The van der Waals surface area contributed by atoms with E-state index >= 15 is 0 Å². The van der Waals surface area contributed by atoms with Crippen molar-refractivity contribution in [3.05, 3.63) is 51.1 Å². The minimum absolute atomic E-state index is 0.0000728. The van der Waals surface area contributed by atoms with E-state index in [0.717, 1.165) is 8.66 Å². The van der Waals surface area contributed by atoms with Crippen LogP contribution in [0, 0.1) is 5.82 Å². The fraction of sp³-hybridized carbons (Fsp3) is 0.154. The van der Waals surface area contributed by atoms with Gasteiger partial charge in [0.05, 0.1) is 21.2 Å². The van der Waals surface area contributed by atoms with Crippen LogP contribution in [0.1, 0.15) is 17.8 Å². The van der Waals surface area contributed by atoms with Gasteiger partial charge < -0.3 is 5.32 Å². The third kappa shape index (κ3) is 3.11. The van der Waals surface area contributed by atoms with E-state index in [0.29, 0.717) is 11.4 Å². The Morgan fingerprint density at radius 2 is 2.19 bits per heavy atom. The minimum atomic E-state index is -0.311. The van der Waals surface area contributed by atoms with Gasteiger partial charge in [0.1, 0.15) is 12.1 Å². The zero-order valence-electron chi connectivity index (χ0n) is 11.0. The first-order valence-corrected chi connectivity index (χ1v) is 7.79. The summed E-state index contributed by atoms with van der Waals surface area (Å²) in [5.74, 6) is -0.311. The van der Waals surface area contributed by atoms with Crippen molar-refractivity contribution in [1.29, 1.82) is 0 Å². The first-order valence-electron chi connectivity index (χ1n) is 6.18. The Kier molecular flexibility index (Phi) is 3.98. The number of benzene rings is 1. The number of halogens is 2. The number of hydrogen-bond donors (Lipinski definition) is 1. The number of rotatable bonds is 4. The predicted octanol–water partition coefficient (Wildman–Crippen LogP) is 3.80. The summed E-state index contributed by atoms with van der Waals surface area (Å²) in [5, 5.41) is 14.1. The first-order chi connectivity index (χ1) is 10.1. The van der Waals surface area contributed by atoms with Crippen LogP contribution in [-0.4, -0.2) is 20.2 Å². The molecule has 5 nitrogen and oxygen atoms in total. The summed E-state index contributed by atoms with van der Waals surface area (Å²) in [6, 6.07) is 8.70. The number of nitrogens with one attached hydrogen (secondary N) is 1. The summed E-state index contributed by atoms with van der Waals surface area (Å²) in [6.07, 6.45) is 1.47. The van der Waals surface area contributed by atoms with Crippen molar-refractivity contribution in [3.8, 4) is 5.69 Å². The fourth-order valence-electron chi connectivity index (χ4n) is 1.91. The highest BCUT2D eigenvalue weighted by molar-refractivity contribution is 9.11. The summed E-state index contributed by atoms with van der Waals surface area (Å²) < 4.78 is 16.5. The van der Waals surface area contributed by atoms with Crippen LogP contribution in [0.25, 0.3) is 5.69 Å². The summed E-state index contributed by atoms with van der Waals surface area (Å²) in [4.78, 5) is 1.12. The smallest absolute Gasteiger partial charge is 0.146 e. The Hall–Kier alpha value is -1.80. The maximum absolute atomic E-state index is 14.0. The predicted molar refractivity (Wildman–Crippen MR) is 83.2 cm³/mol. The van der Waals surface area contributed by atoms with E-state index in [1.807, 2.05) is 19.1 Å². The van der Waals surface area contributed by atoms with Crippen molar-refractivity contribution >= 4 is 33.0 Å². The summed E-state index contributed by atoms with van der Waals surface area (Å²) in [7, 11) is 0. The maximum atomic E-state index is 14.0. The minimum Gasteiger partial charge on any atom is -0.375 e. The van der Waals surface area contributed by atoms with Gasteiger partial charge in [-0.2, -0.15) is 0 Å². The Morgan fingerprint density at radius 1 is 1.33 bits per heavy atom. The lowest BCUT2D eigenvalue weighted by Gasteiger charge is -2.15. The second kappa shape index (κ2) is 5.90. The fourth-order valence-corrected chi connectivity index (χ4v) is 3.34. The normalized spacial score (nSPS) is 12.3. The molecular formula is C13H11BrFN5S. The molecule has 108 valence electrons. The van der Waals surface area contributed by atoms with Crippen LogP contribution >= 0.6 is 27.3 Å². The van der Waals surface area contributed by atoms with Gasteiger partial charge in [0.15, 0.2) is 0 Å². The topological polar surface area (TPSA) is 55.6 Å². The first kappa shape index (κ1) is 14.2. The number of hydrogen-bond acceptors (Lipinski definition) is 5. The van der Waals surface area contributed by atoms with Crippen molar-refractivity contribution in [2.75, 3.05) is 5.32 Å². The van der Waals surface area contributed by atoms with Crippen LogP contribution in [0.5, 0.6) is 0 Å². The number of anilines is 1. The van der Waals surface area contributed by atoms with Gasteiger partial charge in [0, 0.05) is 4.88 Å². The van der Waals surface area contributed by atoms with Crippen LogP contribution in [0.3, 0.4) is 0 Å². The highest BCUT2D eigenvalue weighted by Crippen LogP contribution is 2.30. The molecule has 0 aliphatic rings. The molecule has 1 N–H and O–H groups in total. The van der Waals surface area contributed by atoms with E-state index in [1.54, 1.807) is 23.5 Å². The maximum Gasteiger partial charge on any atom is 0.146 e. The van der Waals surface area contributed by atoms with E-state index in [1.165, 1.54) is 17.1 Å². The molecule has 0 aliphatic heterocycles. The summed E-state index contributed by atoms with van der Waals surface area (Å²) in [5.41, 5.74) is 1.11. The highest BCUT2D eigenvalue weighted by atomic mass is 79.9. The molecule has 0 spiro atoms. The zero-order chi connectivity index (χ0) is 14.8. The van der Waals surface area contributed by atoms with Crippen LogP contribution in [0.2, 0.25) is 0 Å². The van der Waals surface area contributed by atoms with Gasteiger partial charge in [0.25, 0.3) is 0 Å². The molecule has 1 unspecified atom stereocenters. The molecule has 8 heteroatoms. The largest absolute Gasteiger partial charge is 0.375 e. The molecule has 0 saturated carbocycles. The molecule has 3 rings (SSSR count). The number of aromatic nitrogens is 4. The van der Waals surface area contributed by atoms with E-state index in [4.69, 9.17) is 0 Å². The quantitative estimate of drug-likeness (QED) is 0.761. The van der Waals surface area contributed by atoms with Crippen LogP contribution in [0.4, 0.5) is 10.1 Å². The SMILES string of the molecule is CC(Nc1cc(-n2cnnn2)ccc1F)c1ccc(Br)s1. The highest BCUT2D eigenvalue weighted by Gasteiger charge is 2.12. The molecule has 0 aliphatic carbocycles. The lowest BCUT2D eigenvalue weighted by Crippen LogP contribution is -2.07. The summed E-state index contributed by atoms with van der Waals surface area (Å²) in [6.45, 7) is 1.99. The van der Waals surface area contributed by atoms with E-state index < -0.39 is 0 Å². The van der Waals surface area contributed by atoms with Gasteiger partial charge in [-0.25, -0.2) is 9.07 Å². The van der Waals surface area contributed by atoms with Crippen molar-refractivity contribution in [3.63, 3.8) is 0 Å². The van der Waals surface area contributed by atoms with Crippen molar-refractivity contribution in [2.45, 2.75) is 13.0 Å². The van der Waals surface area contributed by atoms with Crippen molar-refractivity contribution in [1.82, 2.24) is 20.2 Å². The van der Waals surface area contributed by atoms with Crippen LogP contribution in [-0.2, 0) is 0 Å². The molecule has 0 radical (unpaired) electrons. The third-order valence-corrected chi connectivity index (χ3v) is 4.76. The molecule has 2 heterocycles. The summed E-state index contributed by atoms with van der Waals surface area (Å²) >= 11 is 5.05. The molecule has 3 aromatic rings. The van der Waals surface area contributed by atoms with Crippen molar-refractivity contribution < 1.29 is 4.39 Å². The Labute approximate surface area is 132 Å². The standard InChI is InChI=1S/C13H11BrFN5S/c1-8(12-4-5-13(14)21-12)17-11-6-9(2-3-10(11)15)20-7-16-18-19-20/h2-8,17H,1H3. The van der Waals surface area contributed by atoms with E-state index in [-0.39, 0.29) is 11.9 Å². The molecule has 2 aromatic heterocycles. The monoisotopic (exact) mass is 367 g/mol. The van der Waals surface area contributed by atoms with Gasteiger partial charge in [-0.3, -0.25) is 0 Å². The molecule has 0 bridgehead atoms. The van der Waals surface area contributed by atoms with Gasteiger partial charge in [0.2, 0.25) is 0 Å². The molecule has 0 fully saturated rings. The van der Waals surface area contributed by atoms with E-state index in [9.17, 15) is 4.39 Å². The number of nitrogens with zero attached hydrogens (tertiary/aromatic N) is 4. The third-order valence-electron chi connectivity index (χ3n) is 2.96. The number of thiophene rings is 1. The lowest BCUT2D eigenvalue weighted by atomic mass is 10.2.